The van der Waals surface area contributed by atoms with Gasteiger partial charge in [-0.05, 0) is 215 Å². The Kier molecular flexibility index (Phi) is 16.8. The van der Waals surface area contributed by atoms with Crippen LogP contribution in [0.3, 0.4) is 0 Å². The normalized spacial score (nSPS) is 11.4. The summed E-state index contributed by atoms with van der Waals surface area (Å²) >= 11 is 3.50. The van der Waals surface area contributed by atoms with Gasteiger partial charge in [0.1, 0.15) is 0 Å². The minimum Gasteiger partial charge on any atom is -0.423 e. The molecular formula is C100H66BBrO2. The van der Waals surface area contributed by atoms with Gasteiger partial charge in [-0.2, -0.15) is 0 Å². The fourth-order valence-corrected chi connectivity index (χ4v) is 16.4. The number of fused-ring (bicyclic) bond motifs is 12. The summed E-state index contributed by atoms with van der Waals surface area (Å²) in [5, 5.41) is 44.6. The van der Waals surface area contributed by atoms with Gasteiger partial charge in [-0.25, -0.2) is 0 Å². The summed E-state index contributed by atoms with van der Waals surface area (Å²) in [6, 6.07) is 139. The molecule has 0 bridgehead atoms. The zero-order chi connectivity index (χ0) is 69.6. The molecular weight excluding hydrogens is 1320 g/mol. The van der Waals surface area contributed by atoms with Crippen molar-refractivity contribution < 1.29 is 10.0 Å². The standard InChI is InChI=1S/C50H32.C30H21BO2.C20H13Br/c1-3-17-39-33(12-1)14-10-23-42(39)37-15-9-16-38(32-37)50-47-21-7-5-19-45(47)49(46-20-6-8-22-48(46)50)36-28-26-35(27-29-36)41-24-11-25-43-40-18-4-2-13-34(40)30-31-44(41)43;32-31(33)30-27-16-5-3-14-25(27)29(26-15-4-6-17-28(26)30)22-12-7-11-21(19-22)24-18-8-10-20-9-1-2-13-23(20)24;21-16-11-8-15(9-12-16)18-6-3-7-19-17-5-2-1-4-14(17)10-13-20(18)19/h1-32H;1-19,32-33H;1-13H. The zero-order valence-electron chi connectivity index (χ0n) is 56.8. The fourth-order valence-electron chi connectivity index (χ4n) is 16.2. The molecule has 0 aliphatic carbocycles. The van der Waals surface area contributed by atoms with E-state index in [0.29, 0.717) is 5.46 Å². The molecule has 0 amide bonds. The van der Waals surface area contributed by atoms with Crippen molar-refractivity contribution in [1.29, 1.82) is 0 Å². The summed E-state index contributed by atoms with van der Waals surface area (Å²) in [5.41, 5.74) is 17.6. The smallest absolute Gasteiger partial charge is 0.423 e. The molecule has 0 saturated heterocycles. The van der Waals surface area contributed by atoms with E-state index in [9.17, 15) is 10.0 Å². The van der Waals surface area contributed by atoms with Crippen molar-refractivity contribution in [2.45, 2.75) is 0 Å². The molecule has 0 aliphatic heterocycles. The monoisotopic (exact) mass is 1390 g/mol. The first kappa shape index (κ1) is 63.6. The van der Waals surface area contributed by atoms with Gasteiger partial charge >= 0.3 is 7.12 Å². The Hall–Kier alpha value is -12.5. The summed E-state index contributed by atoms with van der Waals surface area (Å²) in [6.45, 7) is 0. The topological polar surface area (TPSA) is 40.5 Å². The van der Waals surface area contributed by atoms with Crippen molar-refractivity contribution in [2.24, 2.45) is 0 Å². The van der Waals surface area contributed by atoms with Crippen LogP contribution in [-0.4, -0.2) is 17.2 Å². The molecule has 104 heavy (non-hydrogen) atoms. The number of rotatable bonds is 8. The molecule has 0 spiro atoms. The van der Waals surface area contributed by atoms with Gasteiger partial charge in [0.25, 0.3) is 0 Å². The third-order valence-electron chi connectivity index (χ3n) is 20.9. The minimum atomic E-state index is -1.55. The molecule has 0 unspecified atom stereocenters. The maximum Gasteiger partial charge on any atom is 0.489 e. The minimum absolute atomic E-state index is 0.551. The number of halogens is 1. The van der Waals surface area contributed by atoms with Gasteiger partial charge in [-0.1, -0.05) is 380 Å². The molecule has 20 aromatic rings. The zero-order valence-corrected chi connectivity index (χ0v) is 58.4. The molecule has 0 radical (unpaired) electrons. The van der Waals surface area contributed by atoms with Crippen LogP contribution in [0, 0.1) is 0 Å². The van der Waals surface area contributed by atoms with Crippen LogP contribution in [0.5, 0.6) is 0 Å². The Morgan fingerprint density at radius 2 is 0.433 bits per heavy atom. The van der Waals surface area contributed by atoms with E-state index in [-0.39, 0.29) is 0 Å². The van der Waals surface area contributed by atoms with E-state index in [1.165, 1.54) is 147 Å². The van der Waals surface area contributed by atoms with Crippen LogP contribution in [-0.2, 0) is 0 Å². The van der Waals surface area contributed by atoms with Gasteiger partial charge in [0.05, 0.1) is 0 Å². The van der Waals surface area contributed by atoms with Crippen molar-refractivity contribution in [3.05, 3.63) is 393 Å². The van der Waals surface area contributed by atoms with Crippen molar-refractivity contribution in [3.63, 3.8) is 0 Å². The fraction of sp³-hybridized carbons (Fsp3) is 0. The summed E-state index contributed by atoms with van der Waals surface area (Å²) < 4.78 is 1.11. The van der Waals surface area contributed by atoms with Crippen LogP contribution in [0.1, 0.15) is 0 Å². The van der Waals surface area contributed by atoms with Crippen LogP contribution in [0.15, 0.2) is 393 Å². The first-order chi connectivity index (χ1) is 51.4. The lowest BCUT2D eigenvalue weighted by atomic mass is 9.72. The van der Waals surface area contributed by atoms with E-state index in [0.717, 1.165) is 42.7 Å². The second kappa shape index (κ2) is 27.4. The first-order valence-electron chi connectivity index (χ1n) is 35.4. The van der Waals surface area contributed by atoms with Crippen molar-refractivity contribution in [1.82, 2.24) is 0 Å². The predicted molar refractivity (Wildman–Crippen MR) is 450 cm³/mol. The summed E-state index contributed by atoms with van der Waals surface area (Å²) in [6.07, 6.45) is 0. The highest BCUT2D eigenvalue weighted by molar-refractivity contribution is 9.10. The Labute approximate surface area is 612 Å². The highest BCUT2D eigenvalue weighted by Gasteiger charge is 2.24. The maximum absolute atomic E-state index is 10.2. The Morgan fingerprint density at radius 1 is 0.173 bits per heavy atom. The molecule has 20 rings (SSSR count). The average molecular weight is 1390 g/mol. The third-order valence-corrected chi connectivity index (χ3v) is 21.4. The van der Waals surface area contributed by atoms with E-state index < -0.39 is 7.12 Å². The Balaban J connectivity index is 0.000000122. The summed E-state index contributed by atoms with van der Waals surface area (Å²) in [7, 11) is -1.55. The molecule has 2 N–H and O–H groups in total. The van der Waals surface area contributed by atoms with Gasteiger partial charge < -0.3 is 10.0 Å². The van der Waals surface area contributed by atoms with Crippen LogP contribution in [0.2, 0.25) is 0 Å². The van der Waals surface area contributed by atoms with E-state index in [1.54, 1.807) is 0 Å². The summed E-state index contributed by atoms with van der Waals surface area (Å²) in [5.74, 6) is 0. The SMILES string of the molecule is Brc1ccc(-c2cccc3c2ccc2ccccc23)cc1.OB(O)c1c2ccccc2c(-c2cccc(-c3cccc4ccccc34)c2)c2ccccc12.c1cc(-c2cccc3ccccc23)cc(-c2c3ccccc3c(-c3ccc(-c4cccc5c4ccc4ccccc45)cc3)c3ccccc23)c1. The number of hydrogen-bond donors (Lipinski definition) is 2. The highest BCUT2D eigenvalue weighted by atomic mass is 79.9. The van der Waals surface area contributed by atoms with E-state index in [1.807, 2.05) is 36.4 Å². The molecule has 4 heteroatoms. The predicted octanol–water partition coefficient (Wildman–Crippen LogP) is 26.7. The summed E-state index contributed by atoms with van der Waals surface area (Å²) in [4.78, 5) is 0. The lowest BCUT2D eigenvalue weighted by Crippen LogP contribution is -2.31. The lowest BCUT2D eigenvalue weighted by molar-refractivity contribution is 0.426. The van der Waals surface area contributed by atoms with Crippen molar-refractivity contribution in [3.8, 4) is 77.9 Å². The van der Waals surface area contributed by atoms with Gasteiger partial charge in [-0.15, -0.1) is 0 Å². The molecule has 0 atom stereocenters. The molecule has 2 nitrogen and oxygen atoms in total. The third kappa shape index (κ3) is 11.6. The highest BCUT2D eigenvalue weighted by Crippen LogP contribution is 2.46. The maximum atomic E-state index is 10.2. The lowest BCUT2D eigenvalue weighted by Gasteiger charge is -2.18. The number of hydrogen-bond acceptors (Lipinski definition) is 2. The van der Waals surface area contributed by atoms with Crippen LogP contribution in [0.4, 0.5) is 0 Å². The van der Waals surface area contributed by atoms with Gasteiger partial charge in [-0.3, -0.25) is 0 Å². The quantitative estimate of drug-likeness (QED) is 0.0904. The second-order valence-electron chi connectivity index (χ2n) is 26.8. The van der Waals surface area contributed by atoms with Gasteiger partial charge in [0.2, 0.25) is 0 Å². The Morgan fingerprint density at radius 3 is 0.827 bits per heavy atom. The van der Waals surface area contributed by atoms with Crippen molar-refractivity contribution >= 4 is 136 Å². The van der Waals surface area contributed by atoms with Crippen LogP contribution in [0.25, 0.3) is 186 Å². The molecule has 488 valence electrons. The molecule has 0 aromatic heterocycles. The second-order valence-corrected chi connectivity index (χ2v) is 27.7. The molecule has 20 aromatic carbocycles. The average Bonchev–Trinajstić information content (AvgIpc) is 0.693. The van der Waals surface area contributed by atoms with E-state index in [4.69, 9.17) is 0 Å². The van der Waals surface area contributed by atoms with Crippen LogP contribution >= 0.6 is 15.9 Å². The Bertz CT molecular complexity index is 6590. The molecule has 0 aliphatic rings. The van der Waals surface area contributed by atoms with Crippen molar-refractivity contribution in [2.75, 3.05) is 0 Å². The van der Waals surface area contributed by atoms with Gasteiger partial charge in [0, 0.05) is 4.47 Å². The number of benzene rings is 20. The van der Waals surface area contributed by atoms with E-state index >= 15 is 0 Å². The molecule has 0 fully saturated rings. The molecule has 0 saturated carbocycles. The molecule has 0 heterocycles. The first-order valence-corrected chi connectivity index (χ1v) is 36.2. The van der Waals surface area contributed by atoms with E-state index in [2.05, 4.69) is 368 Å². The van der Waals surface area contributed by atoms with Crippen LogP contribution < -0.4 is 5.46 Å². The largest absolute Gasteiger partial charge is 0.489 e. The van der Waals surface area contributed by atoms with Gasteiger partial charge in [0.15, 0.2) is 0 Å².